The van der Waals surface area contributed by atoms with Gasteiger partial charge in [0.25, 0.3) is 6.08 Å². The Morgan fingerprint density at radius 2 is 0.826 bits per heavy atom. The van der Waals surface area contributed by atoms with Crippen molar-refractivity contribution in [3.8, 4) is 0 Å². The van der Waals surface area contributed by atoms with Gasteiger partial charge in [0.1, 0.15) is 5.59 Å². The molecule has 5 aliphatic rings. The van der Waals surface area contributed by atoms with Gasteiger partial charge in [-0.1, -0.05) is 18.9 Å². The van der Waals surface area contributed by atoms with E-state index in [1.54, 1.807) is 21.6 Å². The summed E-state index contributed by atoms with van der Waals surface area (Å²) >= 11 is 7.13. The zero-order valence-corrected chi connectivity index (χ0v) is 48.6. The van der Waals surface area contributed by atoms with E-state index in [-0.39, 0.29) is 18.3 Å². The molecular formula is C44H74B5Br2N7O11. The largest absolute Gasteiger partial charge is 0.517 e. The summed E-state index contributed by atoms with van der Waals surface area (Å²) in [4.78, 5) is 12.0. The first-order valence-electron chi connectivity index (χ1n) is 23.6. The molecule has 18 nitrogen and oxygen atoms in total. The van der Waals surface area contributed by atoms with E-state index < -0.39 is 73.3 Å². The Labute approximate surface area is 428 Å². The molecule has 0 atom stereocenters. The molecular weight excluding hydrogens is 1020 g/mol. The third-order valence-electron chi connectivity index (χ3n) is 15.3. The molecule has 3 aromatic rings. The predicted molar refractivity (Wildman–Crippen MR) is 277 cm³/mol. The maximum atomic E-state index is 10.8. The molecule has 5 fully saturated rings. The highest BCUT2D eigenvalue weighted by Crippen LogP contribution is 2.41. The van der Waals surface area contributed by atoms with Gasteiger partial charge in [0.15, 0.2) is 0 Å². The third kappa shape index (κ3) is 10.9. The lowest BCUT2D eigenvalue weighted by molar-refractivity contribution is 0.00578. The number of aryl methyl sites for hydroxylation is 2. The summed E-state index contributed by atoms with van der Waals surface area (Å²) in [5.41, 5.74) is -0.931. The molecule has 0 spiro atoms. The first kappa shape index (κ1) is 57.8. The molecule has 25 heteroatoms. The summed E-state index contributed by atoms with van der Waals surface area (Å²) in [6.07, 6.45) is 3.26. The van der Waals surface area contributed by atoms with Gasteiger partial charge in [0.05, 0.1) is 93.5 Å². The van der Waals surface area contributed by atoms with Crippen LogP contribution in [0.2, 0.25) is 0 Å². The number of halogens is 2. The maximum absolute atomic E-state index is 10.8. The Balaban J connectivity index is 0.000000195. The van der Waals surface area contributed by atoms with Crippen molar-refractivity contribution in [3.05, 3.63) is 21.2 Å². The van der Waals surface area contributed by atoms with Crippen LogP contribution in [0.1, 0.15) is 152 Å². The predicted octanol–water partition coefficient (Wildman–Crippen LogP) is 4.87. The smallest absolute Gasteiger partial charge is 0.398 e. The number of nitrogens with zero attached hydrogens (tertiary/aromatic N) is 7. The molecule has 0 saturated carbocycles. The van der Waals surface area contributed by atoms with E-state index in [1.807, 2.05) is 166 Å². The second kappa shape index (κ2) is 19.3. The van der Waals surface area contributed by atoms with Crippen molar-refractivity contribution in [3.63, 3.8) is 0 Å². The Morgan fingerprint density at radius 3 is 1.17 bits per heavy atom. The molecule has 5 aliphatic heterocycles. The summed E-state index contributed by atoms with van der Waals surface area (Å²) in [7, 11) is 0.942. The van der Waals surface area contributed by atoms with Crippen LogP contribution in [0.3, 0.4) is 0 Å². The van der Waals surface area contributed by atoms with E-state index in [9.17, 15) is 4.79 Å². The Kier molecular flexibility index (Phi) is 16.2. The Morgan fingerprint density at radius 1 is 0.493 bits per heavy atom. The van der Waals surface area contributed by atoms with Gasteiger partial charge in [-0.15, -0.1) is 4.79 Å². The minimum absolute atomic E-state index is 0.318. The van der Waals surface area contributed by atoms with E-state index >= 15 is 0 Å². The highest BCUT2D eigenvalue weighted by molar-refractivity contribution is 9.11. The monoisotopic (exact) mass is 1090 g/mol. The molecule has 0 amide bonds. The molecule has 0 bridgehead atoms. The lowest BCUT2D eigenvalue weighted by Crippen LogP contribution is -2.41. The first-order valence-corrected chi connectivity index (χ1v) is 25.2. The van der Waals surface area contributed by atoms with Crippen molar-refractivity contribution in [1.82, 2.24) is 29.5 Å². The number of rotatable bonds is 6. The fourth-order valence-electron chi connectivity index (χ4n) is 7.22. The SMILES string of the molecule is CC.CC1(C)OB(c2cc(B3OC(C)(C)C(C)(C)O3)n(N=C=O)n2)OC1(C)C.Cn1nc(B2OC(C)(C)C(C)(C)O2)c(Br)c1B1OC(C)(C)C(C)(C)O1.Cn1ncc(Br)c1B1OC(C)(C)C(C)(C)O1. The van der Waals surface area contributed by atoms with Gasteiger partial charge in [-0.05, 0) is 176 Å². The zero-order chi connectivity index (χ0) is 52.7. The van der Waals surface area contributed by atoms with Crippen molar-refractivity contribution < 1.29 is 51.3 Å². The molecule has 3 aromatic heterocycles. The van der Waals surface area contributed by atoms with E-state index in [0.717, 1.165) is 24.9 Å². The van der Waals surface area contributed by atoms with Crippen LogP contribution < -0.4 is 28.0 Å². The van der Waals surface area contributed by atoms with Gasteiger partial charge >= 0.3 is 35.6 Å². The van der Waals surface area contributed by atoms with Crippen LogP contribution in [0, 0.1) is 0 Å². The summed E-state index contributed by atoms with van der Waals surface area (Å²) in [6.45, 7) is 44.0. The normalized spacial score (nSPS) is 24.5. The van der Waals surface area contributed by atoms with Gasteiger partial charge in [-0.25, -0.2) is 4.79 Å². The molecule has 0 N–H and O–H groups in total. The maximum Gasteiger partial charge on any atom is 0.517 e. The molecule has 0 aliphatic carbocycles. The second-order valence-electron chi connectivity index (χ2n) is 22.7. The minimum atomic E-state index is -0.722. The molecule has 380 valence electrons. The number of carbonyl (C=O) groups excluding carboxylic acids is 1. The average molecular weight is 1090 g/mol. The Hall–Kier alpha value is -2.11. The van der Waals surface area contributed by atoms with Crippen LogP contribution in [-0.4, -0.2) is 127 Å². The Bertz CT molecular complexity index is 2300. The van der Waals surface area contributed by atoms with Crippen LogP contribution in [0.4, 0.5) is 0 Å². The molecule has 0 radical (unpaired) electrons. The van der Waals surface area contributed by atoms with Crippen molar-refractivity contribution in [2.24, 2.45) is 19.2 Å². The van der Waals surface area contributed by atoms with E-state index in [2.05, 4.69) is 52.3 Å². The highest BCUT2D eigenvalue weighted by atomic mass is 79.9. The van der Waals surface area contributed by atoms with Crippen LogP contribution in [-0.2, 0) is 65.4 Å². The van der Waals surface area contributed by atoms with Crippen molar-refractivity contribution in [2.45, 2.75) is 208 Å². The highest BCUT2D eigenvalue weighted by Gasteiger charge is 2.59. The number of isocyanates is 1. The lowest BCUT2D eigenvalue weighted by Gasteiger charge is -2.32. The molecule has 5 saturated heterocycles. The van der Waals surface area contributed by atoms with E-state index in [0.29, 0.717) is 16.8 Å². The fraction of sp³-hybridized carbons (Fsp3) is 0.773. The average Bonchev–Trinajstić information content (AvgIpc) is 4.03. The van der Waals surface area contributed by atoms with Crippen molar-refractivity contribution in [1.29, 1.82) is 0 Å². The van der Waals surface area contributed by atoms with Crippen LogP contribution in [0.25, 0.3) is 0 Å². The summed E-state index contributed by atoms with van der Waals surface area (Å²) in [5, 5.41) is 16.8. The van der Waals surface area contributed by atoms with E-state index in [1.165, 1.54) is 6.08 Å². The summed E-state index contributed by atoms with van der Waals surface area (Å²) in [6, 6.07) is 1.73. The van der Waals surface area contributed by atoms with E-state index in [4.69, 9.17) is 46.5 Å². The lowest BCUT2D eigenvalue weighted by atomic mass is 9.79. The molecule has 8 heterocycles. The van der Waals surface area contributed by atoms with Gasteiger partial charge in [-0.3, -0.25) is 9.36 Å². The van der Waals surface area contributed by atoms with Gasteiger partial charge in [0.2, 0.25) is 0 Å². The van der Waals surface area contributed by atoms with Crippen molar-refractivity contribution in [2.75, 3.05) is 0 Å². The molecule has 69 heavy (non-hydrogen) atoms. The van der Waals surface area contributed by atoms with Gasteiger partial charge in [-0.2, -0.15) is 15.3 Å². The number of hydrogen-bond acceptors (Lipinski definition) is 15. The summed E-state index contributed by atoms with van der Waals surface area (Å²) < 4.78 is 65.9. The minimum Gasteiger partial charge on any atom is -0.398 e. The van der Waals surface area contributed by atoms with Gasteiger partial charge in [0, 0.05) is 14.1 Å². The van der Waals surface area contributed by atoms with Crippen LogP contribution in [0.5, 0.6) is 0 Å². The molecule has 0 aromatic carbocycles. The molecule has 0 unspecified atom stereocenters. The standard InChI is InChI=1S/C16H27B2BrN2O4.C16H25B2N3O5.C10H16BBrN2O2.C2H6/c1-13(2)14(3,4)23-17(22-13)11-10(19)12(21(9)20-11)18-24-15(5,6)16(7,8)25-18;1-13(2)14(3,4)24-17(23-13)11-9-12(21(20-11)19-10-22)18-25-15(5,6)16(7,8)26-18;1-9(2)10(3,4)16-11(15-9)8-7(12)6-13-14(8)5;1-2/h1-9H3;9H,1-8H3;6H,1-5H3;1-2H3. The fourth-order valence-corrected chi connectivity index (χ4v) is 8.46. The zero-order valence-electron chi connectivity index (χ0n) is 45.4. The second-order valence-corrected chi connectivity index (χ2v) is 24.4. The van der Waals surface area contributed by atoms with Crippen LogP contribution >= 0.6 is 31.9 Å². The molecule has 8 rings (SSSR count). The summed E-state index contributed by atoms with van der Waals surface area (Å²) in [5.74, 6) is 0. The topological polar surface area (TPSA) is 175 Å². The quantitative estimate of drug-likeness (QED) is 0.186. The van der Waals surface area contributed by atoms with Crippen LogP contribution in [0.15, 0.2) is 26.3 Å². The third-order valence-corrected chi connectivity index (χ3v) is 16.7. The van der Waals surface area contributed by atoms with Crippen molar-refractivity contribution >= 4 is 101 Å². The van der Waals surface area contributed by atoms with Gasteiger partial charge < -0.3 is 46.5 Å². The first-order chi connectivity index (χ1) is 31.2. The number of aromatic nitrogens is 6. The number of hydrogen-bond donors (Lipinski definition) is 0.